The quantitative estimate of drug-likeness (QED) is 0.125. The van der Waals surface area contributed by atoms with Crippen LogP contribution in [0.2, 0.25) is 0 Å². The van der Waals surface area contributed by atoms with Crippen LogP contribution in [0.4, 0.5) is 23.3 Å². The molecule has 4 heterocycles. The van der Waals surface area contributed by atoms with Crippen LogP contribution >= 0.6 is 0 Å². The summed E-state index contributed by atoms with van der Waals surface area (Å²) in [7, 11) is 3.12. The second-order valence-electron chi connectivity index (χ2n) is 15.0. The molecule has 8 aromatic rings. The van der Waals surface area contributed by atoms with Crippen molar-refractivity contribution < 1.29 is 112 Å². The zero-order valence-corrected chi connectivity index (χ0v) is 48.2. The summed E-state index contributed by atoms with van der Waals surface area (Å²) in [5.74, 6) is 8.65. The summed E-state index contributed by atoms with van der Waals surface area (Å²) in [6.45, 7) is 0. The third-order valence-corrected chi connectivity index (χ3v) is 9.69. The Morgan fingerprint density at radius 3 is 0.639 bits per heavy atom. The van der Waals surface area contributed by atoms with Crippen molar-refractivity contribution in [3.05, 3.63) is 193 Å². The van der Waals surface area contributed by atoms with E-state index in [0.29, 0.717) is 23.3 Å². The number of aromatic nitrogens is 4. The summed E-state index contributed by atoms with van der Waals surface area (Å²) in [6, 6.07) is 44.5. The van der Waals surface area contributed by atoms with Gasteiger partial charge in [-0.1, -0.05) is 24.3 Å². The molecule has 4 aromatic heterocycles. The molecule has 0 aliphatic heterocycles. The second kappa shape index (κ2) is 38.9. The molecule has 0 spiro atoms. The van der Waals surface area contributed by atoms with Gasteiger partial charge in [0.25, 0.3) is 0 Å². The molecule has 0 aliphatic carbocycles. The standard InChI is InChI=1S/4C14H14N2O2.2ClHO4.Co/c4*1-17-12-6-7-13(18-2)11(9-12)10-16-14-5-3-4-8-15-14;2*2-1(3,4)5;/h4*3-10H,1-2H3;2*(H,2,3,4,5);/q;;;;;;+2/p-2/b4*16-10+;;;. The van der Waals surface area contributed by atoms with Crippen LogP contribution in [0.15, 0.2) is 190 Å². The molecule has 8 rings (SSSR count). The molecule has 0 amide bonds. The average Bonchev–Trinajstić information content (AvgIpc) is 3.54. The van der Waals surface area contributed by atoms with E-state index < -0.39 is 20.5 Å². The van der Waals surface area contributed by atoms with Crippen molar-refractivity contribution in [3.8, 4) is 46.0 Å². The maximum atomic E-state index is 8.49. The van der Waals surface area contributed by atoms with Gasteiger partial charge in [0.2, 0.25) is 0 Å². The van der Waals surface area contributed by atoms with E-state index in [9.17, 15) is 0 Å². The van der Waals surface area contributed by atoms with Crippen molar-refractivity contribution in [2.75, 3.05) is 56.9 Å². The van der Waals surface area contributed by atoms with Gasteiger partial charge in [0.1, 0.15) is 46.0 Å². The summed E-state index contributed by atoms with van der Waals surface area (Å²) < 4.78 is 110. The minimum Gasteiger partial charge on any atom is -0.497 e. The fraction of sp³-hybridized carbons (Fsp3) is 0.143. The first kappa shape index (κ1) is 70.4. The number of aliphatic imine (C=N–C) groups is 4. The van der Waals surface area contributed by atoms with Gasteiger partial charge in [0.05, 0.1) is 56.9 Å². The molecule has 0 atom stereocenters. The molecule has 0 saturated carbocycles. The number of nitrogens with zero attached hydrogens (tertiary/aromatic N) is 8. The zero-order chi connectivity index (χ0) is 60.2. The Balaban J connectivity index is 0.000000356. The van der Waals surface area contributed by atoms with Crippen LogP contribution < -0.4 is 75.2 Å². The molecule has 439 valence electrons. The molecule has 24 nitrogen and oxygen atoms in total. The average molecular weight is 1230 g/mol. The molecule has 1 radical (unpaired) electrons. The number of halogens is 2. The first-order chi connectivity index (χ1) is 39.3. The van der Waals surface area contributed by atoms with E-state index in [2.05, 4.69) is 39.9 Å². The predicted molar refractivity (Wildman–Crippen MR) is 284 cm³/mol. The molecular weight excluding hydrogens is 1170 g/mol. The maximum Gasteiger partial charge on any atom is 2.00 e. The van der Waals surface area contributed by atoms with Crippen LogP contribution in [0.1, 0.15) is 22.3 Å². The van der Waals surface area contributed by atoms with Crippen molar-refractivity contribution in [3.63, 3.8) is 0 Å². The third-order valence-electron chi connectivity index (χ3n) is 9.69. The number of rotatable bonds is 16. The minimum absolute atomic E-state index is 0. The number of hydrogen-bond donors (Lipinski definition) is 0. The van der Waals surface area contributed by atoms with Crippen molar-refractivity contribution in [1.29, 1.82) is 0 Å². The summed E-state index contributed by atoms with van der Waals surface area (Å²) in [5, 5.41) is 0. The van der Waals surface area contributed by atoms with Crippen molar-refractivity contribution in [2.24, 2.45) is 20.0 Å². The first-order valence-corrected chi connectivity index (χ1v) is 25.7. The van der Waals surface area contributed by atoms with Gasteiger partial charge in [0, 0.05) is 71.9 Å². The predicted octanol–water partition coefficient (Wildman–Crippen LogP) is 1.88. The van der Waals surface area contributed by atoms with E-state index in [-0.39, 0.29) is 16.8 Å². The Bertz CT molecular complexity index is 2780. The van der Waals surface area contributed by atoms with Gasteiger partial charge in [-0.05, 0) is 121 Å². The van der Waals surface area contributed by atoms with E-state index in [4.69, 9.17) is 75.2 Å². The Morgan fingerprint density at radius 1 is 0.301 bits per heavy atom. The number of ether oxygens (including phenoxy) is 8. The van der Waals surface area contributed by atoms with Gasteiger partial charge in [0.15, 0.2) is 23.3 Å². The second-order valence-corrected chi connectivity index (χ2v) is 16.5. The number of methoxy groups -OCH3 is 8. The monoisotopic (exact) mass is 1230 g/mol. The van der Waals surface area contributed by atoms with Crippen LogP contribution in [0.25, 0.3) is 0 Å². The SMILES string of the molecule is COc1ccc(OC)c(/C=N/c2ccccn2)c1.COc1ccc(OC)c(/C=N/c2ccccn2)c1.COc1ccc(OC)c(/C=N/c2ccccn2)c1.COc1ccc(OC)c(/C=N/c2ccccn2)c1.[Co+2].[O-][Cl+3]([O-])([O-])[O-].[O-][Cl+3]([O-])([O-])[O-]. The largest absolute Gasteiger partial charge is 2.00 e. The van der Waals surface area contributed by atoms with Crippen molar-refractivity contribution in [1.82, 2.24) is 19.9 Å². The van der Waals surface area contributed by atoms with Crippen molar-refractivity contribution >= 4 is 48.1 Å². The minimum atomic E-state index is -4.94. The Labute approximate surface area is 493 Å². The van der Waals surface area contributed by atoms with Crippen LogP contribution in [-0.4, -0.2) is 102 Å². The summed E-state index contributed by atoms with van der Waals surface area (Å²) in [4.78, 5) is 33.6. The van der Waals surface area contributed by atoms with E-state index in [1.165, 1.54) is 0 Å². The summed E-state index contributed by atoms with van der Waals surface area (Å²) in [6.07, 6.45) is 13.7. The van der Waals surface area contributed by atoms with Crippen LogP contribution in [0.5, 0.6) is 46.0 Å². The fourth-order valence-electron chi connectivity index (χ4n) is 6.02. The van der Waals surface area contributed by atoms with Crippen LogP contribution in [0, 0.1) is 20.5 Å². The Kier molecular flexibility index (Phi) is 33.0. The molecule has 0 aliphatic rings. The maximum absolute atomic E-state index is 8.49. The number of benzene rings is 4. The molecule has 0 N–H and O–H groups in total. The van der Waals surface area contributed by atoms with E-state index in [1.54, 1.807) is 107 Å². The van der Waals surface area contributed by atoms with Crippen molar-refractivity contribution in [2.45, 2.75) is 0 Å². The fourth-order valence-corrected chi connectivity index (χ4v) is 6.02. The van der Waals surface area contributed by atoms with Gasteiger partial charge in [-0.3, -0.25) is 0 Å². The molecule has 0 saturated heterocycles. The molecule has 83 heavy (non-hydrogen) atoms. The Hall–Kier alpha value is -8.67. The van der Waals surface area contributed by atoms with Gasteiger partial charge in [-0.25, -0.2) is 77.2 Å². The van der Waals surface area contributed by atoms with Crippen LogP contribution in [-0.2, 0) is 16.8 Å². The summed E-state index contributed by atoms with van der Waals surface area (Å²) >= 11 is 0. The van der Waals surface area contributed by atoms with Gasteiger partial charge in [-0.2, -0.15) is 0 Å². The molecule has 0 fully saturated rings. The number of hydrogen-bond acceptors (Lipinski definition) is 24. The van der Waals surface area contributed by atoms with E-state index in [0.717, 1.165) is 68.2 Å². The van der Waals surface area contributed by atoms with Gasteiger partial charge >= 0.3 is 16.8 Å². The topological polar surface area (TPSA) is 359 Å². The normalized spacial score (nSPS) is 10.6. The Morgan fingerprint density at radius 2 is 0.494 bits per heavy atom. The third kappa shape index (κ3) is 30.1. The molecule has 27 heteroatoms. The smallest absolute Gasteiger partial charge is 0.497 e. The van der Waals surface area contributed by atoms with Gasteiger partial charge < -0.3 is 37.9 Å². The molecule has 0 unspecified atom stereocenters. The summed E-state index contributed by atoms with van der Waals surface area (Å²) in [5.41, 5.74) is 3.40. The molecule has 0 bridgehead atoms. The molecular formula is C56H56Cl2CoN8O16. The zero-order valence-electron chi connectivity index (χ0n) is 45.7. The van der Waals surface area contributed by atoms with E-state index in [1.807, 2.05) is 146 Å². The van der Waals surface area contributed by atoms with Crippen LogP contribution in [0.3, 0.4) is 0 Å². The molecule has 4 aromatic carbocycles. The van der Waals surface area contributed by atoms with E-state index >= 15 is 0 Å². The number of pyridine rings is 4. The van der Waals surface area contributed by atoms with Gasteiger partial charge in [-0.15, -0.1) is 20.5 Å². The first-order valence-electron chi connectivity index (χ1n) is 23.2.